The number of hydrogen-bond acceptors (Lipinski definition) is 2. The molecule has 0 radical (unpaired) electrons. The zero-order valence-corrected chi connectivity index (χ0v) is 9.44. The number of likely N-dealkylation sites (tertiary alicyclic amines) is 1. The van der Waals surface area contributed by atoms with Gasteiger partial charge in [-0.3, -0.25) is 4.79 Å². The lowest BCUT2D eigenvalue weighted by atomic mass is 10.1. The van der Waals surface area contributed by atoms with Crippen LogP contribution in [0.5, 0.6) is 0 Å². The second kappa shape index (κ2) is 4.61. The molecule has 98 valence electrons. The smallest absolute Gasteiger partial charge is 0.391 e. The second-order valence-electron chi connectivity index (χ2n) is 4.24. The van der Waals surface area contributed by atoms with Crippen molar-refractivity contribution >= 4 is 5.91 Å². The van der Waals surface area contributed by atoms with Gasteiger partial charge in [0.1, 0.15) is 0 Å². The van der Waals surface area contributed by atoms with E-state index in [1.807, 2.05) is 0 Å². The summed E-state index contributed by atoms with van der Waals surface area (Å²) < 4.78 is 38.3. The number of carbonyl (C=O) groups is 1. The molecule has 0 unspecified atom stereocenters. The first kappa shape index (κ1) is 12.9. The Kier molecular flexibility index (Phi) is 3.30. The van der Waals surface area contributed by atoms with E-state index in [4.69, 9.17) is 0 Å². The topological polar surface area (TPSA) is 40.5 Å². The number of carbonyl (C=O) groups excluding carboxylic acids is 1. The van der Waals surface area contributed by atoms with Gasteiger partial charge in [-0.2, -0.15) is 13.2 Å². The minimum absolute atomic E-state index is 0.0883. The van der Waals surface area contributed by atoms with Crippen LogP contribution in [0.1, 0.15) is 22.3 Å². The number of nitrogens with zero attached hydrogens (tertiary/aromatic N) is 1. The highest BCUT2D eigenvalue weighted by Gasteiger charge is 2.36. The van der Waals surface area contributed by atoms with E-state index in [-0.39, 0.29) is 18.7 Å². The van der Waals surface area contributed by atoms with Gasteiger partial charge in [0.15, 0.2) is 0 Å². The lowest BCUT2D eigenvalue weighted by molar-refractivity contribution is -0.138. The molecule has 1 N–H and O–H groups in total. The summed E-state index contributed by atoms with van der Waals surface area (Å²) in [6.07, 6.45) is -4.79. The molecule has 1 heterocycles. The van der Waals surface area contributed by atoms with Gasteiger partial charge in [0.2, 0.25) is 0 Å². The van der Waals surface area contributed by atoms with E-state index in [0.717, 1.165) is 12.1 Å². The van der Waals surface area contributed by atoms with Crippen molar-refractivity contribution in [3.8, 4) is 0 Å². The molecule has 1 fully saturated rings. The summed E-state index contributed by atoms with van der Waals surface area (Å²) in [4.78, 5) is 13.2. The maximum atomic E-state index is 12.8. The van der Waals surface area contributed by atoms with Gasteiger partial charge in [-0.25, -0.2) is 0 Å². The third-order valence-electron chi connectivity index (χ3n) is 2.91. The number of hydrogen-bond donors (Lipinski definition) is 1. The van der Waals surface area contributed by atoms with Crippen LogP contribution in [0.3, 0.4) is 0 Å². The molecule has 0 aliphatic carbocycles. The zero-order chi connectivity index (χ0) is 13.3. The number of aliphatic hydroxyl groups excluding tert-OH is 1. The number of alkyl halides is 3. The fourth-order valence-corrected chi connectivity index (χ4v) is 2.01. The molecule has 1 aliphatic rings. The molecule has 3 nitrogen and oxygen atoms in total. The largest absolute Gasteiger partial charge is 0.417 e. The fourth-order valence-electron chi connectivity index (χ4n) is 2.01. The third-order valence-corrected chi connectivity index (χ3v) is 2.91. The van der Waals surface area contributed by atoms with Gasteiger partial charge in [-0.05, 0) is 18.6 Å². The van der Waals surface area contributed by atoms with Gasteiger partial charge < -0.3 is 10.0 Å². The Bertz CT molecular complexity index is 459. The molecule has 18 heavy (non-hydrogen) atoms. The molecule has 1 amide bonds. The second-order valence-corrected chi connectivity index (χ2v) is 4.24. The highest BCUT2D eigenvalue weighted by molar-refractivity contribution is 5.96. The lowest BCUT2D eigenvalue weighted by Crippen LogP contribution is -2.31. The van der Waals surface area contributed by atoms with Gasteiger partial charge in [0.05, 0.1) is 17.2 Å². The van der Waals surface area contributed by atoms with Gasteiger partial charge in [-0.15, -0.1) is 0 Å². The number of halogens is 3. The van der Waals surface area contributed by atoms with E-state index in [1.165, 1.54) is 17.0 Å². The average molecular weight is 259 g/mol. The summed E-state index contributed by atoms with van der Waals surface area (Å²) in [5.41, 5.74) is -1.30. The van der Waals surface area contributed by atoms with Crippen molar-refractivity contribution in [2.45, 2.75) is 18.7 Å². The van der Waals surface area contributed by atoms with Crippen LogP contribution in [0, 0.1) is 0 Å². The third kappa shape index (κ3) is 2.48. The molecule has 6 heteroatoms. The van der Waals surface area contributed by atoms with Crippen LogP contribution in [0.4, 0.5) is 13.2 Å². The molecule has 0 saturated carbocycles. The van der Waals surface area contributed by atoms with E-state index in [9.17, 15) is 23.1 Å². The van der Waals surface area contributed by atoms with Crippen molar-refractivity contribution in [2.24, 2.45) is 0 Å². The minimum Gasteiger partial charge on any atom is -0.391 e. The molecule has 0 spiro atoms. The predicted octanol–water partition coefficient (Wildman–Crippen LogP) is 1.91. The first-order chi connectivity index (χ1) is 8.39. The van der Waals surface area contributed by atoms with Crippen LogP contribution < -0.4 is 0 Å². The maximum absolute atomic E-state index is 12.8. The van der Waals surface area contributed by atoms with Crippen LogP contribution in [0.25, 0.3) is 0 Å². The van der Waals surface area contributed by atoms with Crippen LogP contribution >= 0.6 is 0 Å². The number of amides is 1. The van der Waals surface area contributed by atoms with E-state index in [1.54, 1.807) is 0 Å². The van der Waals surface area contributed by atoms with E-state index < -0.39 is 23.8 Å². The number of benzene rings is 1. The van der Waals surface area contributed by atoms with Crippen LogP contribution in [-0.2, 0) is 6.18 Å². The quantitative estimate of drug-likeness (QED) is 0.837. The summed E-state index contributed by atoms with van der Waals surface area (Å²) in [5.74, 6) is -0.681. The molecule has 1 aliphatic heterocycles. The SMILES string of the molecule is O=C(c1ccccc1C(F)(F)F)N1CC[C@@H](O)C1. The molecule has 2 rings (SSSR count). The lowest BCUT2D eigenvalue weighted by Gasteiger charge is -2.18. The van der Waals surface area contributed by atoms with E-state index >= 15 is 0 Å². The summed E-state index contributed by atoms with van der Waals surface area (Å²) in [6.45, 7) is 0.372. The van der Waals surface area contributed by atoms with Crippen molar-refractivity contribution < 1.29 is 23.1 Å². The molecular weight excluding hydrogens is 247 g/mol. The number of rotatable bonds is 1. The van der Waals surface area contributed by atoms with Gasteiger partial charge in [-0.1, -0.05) is 12.1 Å². The molecular formula is C12H12F3NO2. The van der Waals surface area contributed by atoms with Crippen molar-refractivity contribution in [1.82, 2.24) is 4.90 Å². The standard InChI is InChI=1S/C12H12F3NO2/c13-12(14,15)10-4-2-1-3-9(10)11(18)16-6-5-8(17)7-16/h1-4,8,17H,5-7H2/t8-/m1/s1. The number of β-amino-alcohol motifs (C(OH)–C–C–N with tert-alkyl or cyclic N) is 1. The molecule has 0 aromatic heterocycles. The molecule has 1 aromatic carbocycles. The summed E-state index contributed by atoms with van der Waals surface area (Å²) >= 11 is 0. The van der Waals surface area contributed by atoms with Crippen LogP contribution in [-0.4, -0.2) is 35.1 Å². The Labute approximate surface area is 102 Å². The van der Waals surface area contributed by atoms with Gasteiger partial charge >= 0.3 is 6.18 Å². The summed E-state index contributed by atoms with van der Waals surface area (Å²) in [5, 5.41) is 9.31. The minimum atomic E-state index is -4.55. The maximum Gasteiger partial charge on any atom is 0.417 e. The normalized spacial score (nSPS) is 20.2. The molecule has 1 saturated heterocycles. The summed E-state index contributed by atoms with van der Waals surface area (Å²) in [6, 6.07) is 4.70. The Balaban J connectivity index is 2.31. The Morgan fingerprint density at radius 3 is 2.56 bits per heavy atom. The van der Waals surface area contributed by atoms with Crippen LogP contribution in [0.2, 0.25) is 0 Å². The Hall–Kier alpha value is -1.56. The molecule has 0 bridgehead atoms. The van der Waals surface area contributed by atoms with E-state index in [2.05, 4.69) is 0 Å². The molecule has 1 aromatic rings. The van der Waals surface area contributed by atoms with Crippen molar-refractivity contribution in [1.29, 1.82) is 0 Å². The highest BCUT2D eigenvalue weighted by Crippen LogP contribution is 2.32. The summed E-state index contributed by atoms with van der Waals surface area (Å²) in [7, 11) is 0. The number of aliphatic hydroxyl groups is 1. The van der Waals surface area contributed by atoms with Crippen molar-refractivity contribution in [3.63, 3.8) is 0 Å². The monoisotopic (exact) mass is 259 g/mol. The van der Waals surface area contributed by atoms with Gasteiger partial charge in [0, 0.05) is 13.1 Å². The van der Waals surface area contributed by atoms with Crippen molar-refractivity contribution in [3.05, 3.63) is 35.4 Å². The van der Waals surface area contributed by atoms with E-state index in [0.29, 0.717) is 6.42 Å². The average Bonchev–Trinajstić information content (AvgIpc) is 2.74. The Morgan fingerprint density at radius 1 is 1.33 bits per heavy atom. The predicted molar refractivity (Wildman–Crippen MR) is 58.0 cm³/mol. The molecule has 1 atom stereocenters. The Morgan fingerprint density at radius 2 is 2.00 bits per heavy atom. The zero-order valence-electron chi connectivity index (χ0n) is 9.44. The first-order valence-electron chi connectivity index (χ1n) is 5.53. The first-order valence-corrected chi connectivity index (χ1v) is 5.53. The van der Waals surface area contributed by atoms with Gasteiger partial charge in [0.25, 0.3) is 5.91 Å². The van der Waals surface area contributed by atoms with Crippen LogP contribution in [0.15, 0.2) is 24.3 Å². The van der Waals surface area contributed by atoms with Crippen molar-refractivity contribution in [2.75, 3.05) is 13.1 Å². The fraction of sp³-hybridized carbons (Fsp3) is 0.417. The highest BCUT2D eigenvalue weighted by atomic mass is 19.4.